The van der Waals surface area contributed by atoms with Gasteiger partial charge in [-0.05, 0) is 0 Å². The quantitative estimate of drug-likeness (QED) is 0.556. The van der Waals surface area contributed by atoms with Crippen LogP contribution in [-0.4, -0.2) is 24.3 Å². The molecule has 0 aromatic carbocycles. The van der Waals surface area contributed by atoms with Crippen LogP contribution in [0.15, 0.2) is 0 Å². The Morgan fingerprint density at radius 2 is 1.25 bits per heavy atom. The largest absolute Gasteiger partial charge is 0 e. The van der Waals surface area contributed by atoms with Crippen LogP contribution in [0.3, 0.4) is 0 Å². The normalized spacial score (nSPS) is 2.00. The first-order valence-electron chi connectivity index (χ1n) is 0.408. The van der Waals surface area contributed by atoms with Gasteiger partial charge >= 0.3 is 29.6 Å². The summed E-state index contributed by atoms with van der Waals surface area (Å²) in [5.41, 5.74) is 0. The second-order valence-electron chi connectivity index (χ2n) is 0.0833. The standard InChI is InChI=1S/2O.Pb.Ti. The Bertz CT molecular complexity index is 27.0. The van der Waals surface area contributed by atoms with E-state index in [1.54, 1.807) is 0 Å². The summed E-state index contributed by atoms with van der Waals surface area (Å²) >= 11 is -2.42. The third-order valence-electron chi connectivity index (χ3n) is 0. The molecule has 2 nitrogen and oxygen atoms in total. The Morgan fingerprint density at radius 1 is 1.25 bits per heavy atom. The third-order valence-corrected chi connectivity index (χ3v) is 0. The molecule has 0 N–H and O–H groups in total. The second-order valence-corrected chi connectivity index (χ2v) is 0.731. The van der Waals surface area contributed by atoms with E-state index in [1.807, 2.05) is 0 Å². The summed E-state index contributed by atoms with van der Waals surface area (Å²) in [6, 6.07) is 0. The third kappa shape index (κ3) is 10.6. The fourth-order valence-corrected chi connectivity index (χ4v) is 0. The Hall–Kier alpha value is 1.24. The molecule has 0 amide bonds. The predicted molar refractivity (Wildman–Crippen MR) is 7.13 cm³/mol. The molecule has 0 heterocycles. The fraction of sp³-hybridized carbons (Fsp3) is 0. The summed E-state index contributed by atoms with van der Waals surface area (Å²) in [5.74, 6) is 0. The monoisotopic (exact) mass is 288 g/mol. The zero-order valence-electron chi connectivity index (χ0n) is 1.82. The zero-order valence-corrected chi connectivity index (χ0v) is 7.27. The van der Waals surface area contributed by atoms with Crippen molar-refractivity contribution in [3.05, 3.63) is 0 Å². The molecule has 0 aliphatic rings. The molecule has 0 aromatic rings. The van der Waals surface area contributed by atoms with Gasteiger partial charge in [0, 0.05) is 21.7 Å². The molecule has 0 fully saturated rings. The topological polar surface area (TPSA) is 34.1 Å². The zero-order chi connectivity index (χ0) is 2.71. The van der Waals surface area contributed by atoms with E-state index < -0.39 is 24.3 Å². The van der Waals surface area contributed by atoms with Crippen molar-refractivity contribution < 1.29 is 27.1 Å². The molecular formula is O2PbTi. The van der Waals surface area contributed by atoms with Gasteiger partial charge in [-0.1, -0.05) is 0 Å². The predicted octanol–water partition coefficient (Wildman–Crippen LogP) is -0.621. The second kappa shape index (κ2) is 8.87. The van der Waals surface area contributed by atoms with E-state index >= 15 is 0 Å². The van der Waals surface area contributed by atoms with Crippen molar-refractivity contribution in [1.82, 2.24) is 0 Å². The summed E-state index contributed by atoms with van der Waals surface area (Å²) in [6.07, 6.45) is 0. The summed E-state index contributed by atoms with van der Waals surface area (Å²) in [4.78, 5) is 0. The molecule has 0 radical (unpaired) electrons. The Balaban J connectivity index is 0. The van der Waals surface area contributed by atoms with Gasteiger partial charge in [0.2, 0.25) is 0 Å². The van der Waals surface area contributed by atoms with Crippen molar-refractivity contribution in [2.45, 2.75) is 0 Å². The van der Waals surface area contributed by atoms with Crippen LogP contribution >= 0.6 is 0 Å². The van der Waals surface area contributed by atoms with Crippen LogP contribution in [0.2, 0.25) is 0 Å². The van der Waals surface area contributed by atoms with E-state index in [0.717, 1.165) is 0 Å². The van der Waals surface area contributed by atoms with Gasteiger partial charge in [0.1, 0.15) is 0 Å². The molecule has 0 aromatic heterocycles. The minimum absolute atomic E-state index is 0. The molecule has 0 saturated carbocycles. The molecule has 4 heteroatoms. The van der Waals surface area contributed by atoms with E-state index in [1.165, 1.54) is 0 Å². The van der Waals surface area contributed by atoms with Gasteiger partial charge in [-0.3, -0.25) is 0 Å². The summed E-state index contributed by atoms with van der Waals surface area (Å²) < 4.78 is 17.1. The van der Waals surface area contributed by atoms with Crippen LogP contribution in [0.25, 0.3) is 0 Å². The smallest absolute Gasteiger partial charge is 0 e. The van der Waals surface area contributed by atoms with Crippen molar-refractivity contribution in [2.75, 3.05) is 0 Å². The first kappa shape index (κ1) is 8.97. The molecule has 0 aliphatic carbocycles. The first-order chi connectivity index (χ1) is 1.41. The van der Waals surface area contributed by atoms with E-state index in [4.69, 9.17) is 5.37 Å². The van der Waals surface area contributed by atoms with Gasteiger partial charge in [0.05, 0.1) is 0 Å². The Morgan fingerprint density at radius 3 is 1.25 bits per heavy atom. The van der Waals surface area contributed by atoms with Crippen molar-refractivity contribution >= 4 is 24.3 Å². The van der Waals surface area contributed by atoms with E-state index in [2.05, 4.69) is 0 Å². The maximum atomic E-state index is 8.57. The first-order valence-corrected chi connectivity index (χ1v) is 3.58. The van der Waals surface area contributed by atoms with E-state index in [9.17, 15) is 0 Å². The number of rotatable bonds is 0. The maximum absolute atomic E-state index is 8.57. The molecule has 20 valence electrons. The molecule has 0 atom stereocenters. The van der Waals surface area contributed by atoms with Gasteiger partial charge < -0.3 is 0 Å². The van der Waals surface area contributed by atoms with Crippen LogP contribution in [0.4, 0.5) is 0 Å². The van der Waals surface area contributed by atoms with Gasteiger partial charge in [-0.15, -0.1) is 0 Å². The summed E-state index contributed by atoms with van der Waals surface area (Å²) in [5, 5.41) is 0. The molecule has 0 unspecified atom stereocenters. The molecule has 4 heavy (non-hydrogen) atoms. The average molecular weight is 287 g/mol. The molecule has 0 aliphatic heterocycles. The van der Waals surface area contributed by atoms with Gasteiger partial charge in [-0.2, -0.15) is 0 Å². The van der Waals surface area contributed by atoms with Crippen molar-refractivity contribution in [3.63, 3.8) is 0 Å². The number of hydrogen-bond donors (Lipinski definition) is 0. The van der Waals surface area contributed by atoms with Gasteiger partial charge in [0.15, 0.2) is 0 Å². The Kier molecular flexibility index (Phi) is 19.9. The van der Waals surface area contributed by atoms with Crippen molar-refractivity contribution in [2.24, 2.45) is 0 Å². The number of hydrogen-bond acceptors (Lipinski definition) is 2. The van der Waals surface area contributed by atoms with Gasteiger partial charge in [-0.25, -0.2) is 0 Å². The minimum Gasteiger partial charge on any atom is 0 e. The molecule has 0 bridgehead atoms. The molecule has 0 spiro atoms. The van der Waals surface area contributed by atoms with Crippen LogP contribution < -0.4 is 0 Å². The molecule has 0 rings (SSSR count). The van der Waals surface area contributed by atoms with Gasteiger partial charge in [0.25, 0.3) is 0 Å². The van der Waals surface area contributed by atoms with Crippen LogP contribution in [-0.2, 0) is 27.1 Å². The summed E-state index contributed by atoms with van der Waals surface area (Å²) in [7, 11) is 0. The van der Waals surface area contributed by atoms with Crippen LogP contribution in [0.5, 0.6) is 0 Å². The van der Waals surface area contributed by atoms with E-state index in [-0.39, 0.29) is 21.7 Å². The minimum atomic E-state index is -2.42. The Labute approximate surface area is 51.0 Å². The van der Waals surface area contributed by atoms with Crippen LogP contribution in [0, 0.1) is 0 Å². The SMILES string of the molecule is [O]=[Pb]=[O].[Ti]. The summed E-state index contributed by atoms with van der Waals surface area (Å²) in [6.45, 7) is 0. The maximum Gasteiger partial charge on any atom is 0 e. The molecular weight excluding hydrogens is 287 g/mol. The van der Waals surface area contributed by atoms with Crippen molar-refractivity contribution in [1.29, 1.82) is 0 Å². The van der Waals surface area contributed by atoms with Crippen molar-refractivity contribution in [3.8, 4) is 0 Å². The van der Waals surface area contributed by atoms with E-state index in [0.29, 0.717) is 0 Å². The fourth-order valence-electron chi connectivity index (χ4n) is 0. The average Bonchev–Trinajstić information content (AvgIpc) is 0.918. The van der Waals surface area contributed by atoms with Crippen LogP contribution in [0.1, 0.15) is 0 Å². The molecule has 0 saturated heterocycles.